The van der Waals surface area contributed by atoms with Crippen LogP contribution in [0.1, 0.15) is 16.8 Å². The lowest BCUT2D eigenvalue weighted by Crippen LogP contribution is -2.00. The van der Waals surface area contributed by atoms with E-state index >= 15 is 0 Å². The summed E-state index contributed by atoms with van der Waals surface area (Å²) in [6.45, 7) is 7.76. The number of methoxy groups -OCH3 is 3. The van der Waals surface area contributed by atoms with E-state index in [1.165, 1.54) is 0 Å². The van der Waals surface area contributed by atoms with Crippen LogP contribution in [0.15, 0.2) is 43.0 Å². The maximum Gasteiger partial charge on any atom is 0.203 e. The Morgan fingerprint density at radius 3 is 2.18 bits per heavy atom. The first-order chi connectivity index (χ1) is 13.5. The summed E-state index contributed by atoms with van der Waals surface area (Å²) in [7, 11) is 4.78. The Kier molecular flexibility index (Phi) is 5.64. The van der Waals surface area contributed by atoms with Crippen molar-refractivity contribution in [3.8, 4) is 28.5 Å². The molecule has 0 saturated heterocycles. The molecule has 0 spiro atoms. The summed E-state index contributed by atoms with van der Waals surface area (Å²) in [5.74, 6) is 1.70. The van der Waals surface area contributed by atoms with Crippen LogP contribution in [0.3, 0.4) is 0 Å². The number of rotatable bonds is 6. The highest BCUT2D eigenvalue weighted by atomic mass is 16.5. The molecular weight excluding hydrogens is 352 g/mol. The molecule has 2 aromatic carbocycles. The van der Waals surface area contributed by atoms with E-state index in [-0.39, 0.29) is 0 Å². The molecule has 28 heavy (non-hydrogen) atoms. The van der Waals surface area contributed by atoms with Gasteiger partial charge < -0.3 is 14.2 Å². The van der Waals surface area contributed by atoms with E-state index in [2.05, 4.69) is 19.6 Å². The molecule has 1 aromatic heterocycles. The average molecular weight is 376 g/mol. The van der Waals surface area contributed by atoms with E-state index in [9.17, 15) is 0 Å². The van der Waals surface area contributed by atoms with Gasteiger partial charge in [0, 0.05) is 11.1 Å². The van der Waals surface area contributed by atoms with Gasteiger partial charge in [-0.3, -0.25) is 0 Å². The fraction of sp³-hybridized carbons (Fsp3) is 0.217. The van der Waals surface area contributed by atoms with Crippen molar-refractivity contribution in [2.45, 2.75) is 13.8 Å². The van der Waals surface area contributed by atoms with Crippen LogP contribution < -0.4 is 14.2 Å². The molecule has 5 heteroatoms. The van der Waals surface area contributed by atoms with E-state index < -0.39 is 0 Å². The lowest BCUT2D eigenvalue weighted by Gasteiger charge is -2.15. The van der Waals surface area contributed by atoms with Gasteiger partial charge >= 0.3 is 0 Å². The molecule has 0 N–H and O–H groups in total. The van der Waals surface area contributed by atoms with Gasteiger partial charge in [-0.1, -0.05) is 30.9 Å². The second-order valence-electron chi connectivity index (χ2n) is 6.33. The quantitative estimate of drug-likeness (QED) is 0.558. The maximum absolute atomic E-state index is 5.49. The van der Waals surface area contributed by atoms with Crippen molar-refractivity contribution in [2.75, 3.05) is 21.3 Å². The van der Waals surface area contributed by atoms with Crippen molar-refractivity contribution >= 4 is 17.1 Å². The summed E-state index contributed by atoms with van der Waals surface area (Å²) in [6, 6.07) is 7.83. The van der Waals surface area contributed by atoms with Crippen molar-refractivity contribution in [1.82, 2.24) is 9.97 Å². The number of aromatic nitrogens is 2. The second kappa shape index (κ2) is 8.13. The van der Waals surface area contributed by atoms with Gasteiger partial charge in [-0.2, -0.15) is 0 Å². The molecule has 1 heterocycles. The highest BCUT2D eigenvalue weighted by Crippen LogP contribution is 2.41. The molecule has 0 aliphatic heterocycles. The number of fused-ring (bicyclic) bond motifs is 1. The molecule has 0 saturated carbocycles. The minimum atomic E-state index is 0.547. The first-order valence-corrected chi connectivity index (χ1v) is 8.91. The van der Waals surface area contributed by atoms with Gasteiger partial charge in [-0.05, 0) is 37.6 Å². The van der Waals surface area contributed by atoms with E-state index in [4.69, 9.17) is 24.2 Å². The van der Waals surface area contributed by atoms with Crippen molar-refractivity contribution < 1.29 is 14.2 Å². The number of hydrogen-bond donors (Lipinski definition) is 0. The van der Waals surface area contributed by atoms with Crippen LogP contribution in [0.25, 0.3) is 28.4 Å². The highest BCUT2D eigenvalue weighted by Gasteiger charge is 2.17. The van der Waals surface area contributed by atoms with Crippen LogP contribution in [-0.4, -0.2) is 31.3 Å². The van der Waals surface area contributed by atoms with E-state index in [1.54, 1.807) is 27.4 Å². The highest BCUT2D eigenvalue weighted by molar-refractivity contribution is 5.88. The zero-order chi connectivity index (χ0) is 20.3. The summed E-state index contributed by atoms with van der Waals surface area (Å²) in [5.41, 5.74) is 6.28. The van der Waals surface area contributed by atoms with Gasteiger partial charge in [0.05, 0.1) is 43.8 Å². The van der Waals surface area contributed by atoms with Gasteiger partial charge in [0.25, 0.3) is 0 Å². The fourth-order valence-electron chi connectivity index (χ4n) is 3.20. The molecular formula is C23H24N2O3. The summed E-state index contributed by atoms with van der Waals surface area (Å²) in [4.78, 5) is 9.75. The van der Waals surface area contributed by atoms with E-state index in [1.807, 2.05) is 37.3 Å². The minimum absolute atomic E-state index is 0.547. The first-order valence-electron chi connectivity index (χ1n) is 8.91. The molecule has 0 aliphatic carbocycles. The zero-order valence-electron chi connectivity index (χ0n) is 16.9. The Hall–Kier alpha value is -3.34. The molecule has 0 unspecified atom stereocenters. The summed E-state index contributed by atoms with van der Waals surface area (Å²) >= 11 is 0. The maximum atomic E-state index is 5.49. The van der Waals surface area contributed by atoms with E-state index in [0.717, 1.165) is 39.1 Å². The SMILES string of the molecule is C=C/C=C\c1c(C)ccc2nc(C)c(-c3cc(OC)c(OC)c(OC)c3)nc12. The normalized spacial score (nSPS) is 11.0. The lowest BCUT2D eigenvalue weighted by molar-refractivity contribution is 0.324. The monoisotopic (exact) mass is 376 g/mol. The first kappa shape index (κ1) is 19.4. The van der Waals surface area contributed by atoms with Crippen molar-refractivity contribution in [2.24, 2.45) is 0 Å². The average Bonchev–Trinajstić information content (AvgIpc) is 2.71. The molecule has 0 bridgehead atoms. The summed E-state index contributed by atoms with van der Waals surface area (Å²) in [5, 5.41) is 0. The van der Waals surface area contributed by atoms with Gasteiger partial charge in [-0.15, -0.1) is 0 Å². The molecule has 0 atom stereocenters. The summed E-state index contributed by atoms with van der Waals surface area (Å²) < 4.78 is 16.4. The number of allylic oxidation sites excluding steroid dienone is 2. The number of nitrogens with zero attached hydrogens (tertiary/aromatic N) is 2. The Morgan fingerprint density at radius 2 is 1.61 bits per heavy atom. The topological polar surface area (TPSA) is 53.5 Å². The number of hydrogen-bond acceptors (Lipinski definition) is 5. The molecule has 0 amide bonds. The third kappa shape index (κ3) is 3.43. The largest absolute Gasteiger partial charge is 0.493 e. The van der Waals surface area contributed by atoms with Crippen molar-refractivity contribution in [3.63, 3.8) is 0 Å². The van der Waals surface area contributed by atoms with Crippen LogP contribution in [-0.2, 0) is 0 Å². The fourth-order valence-corrected chi connectivity index (χ4v) is 3.20. The van der Waals surface area contributed by atoms with Crippen LogP contribution in [0.4, 0.5) is 0 Å². The third-order valence-corrected chi connectivity index (χ3v) is 4.61. The van der Waals surface area contributed by atoms with Crippen LogP contribution in [0.2, 0.25) is 0 Å². The smallest absolute Gasteiger partial charge is 0.203 e. The predicted molar refractivity (Wildman–Crippen MR) is 113 cm³/mol. The molecule has 144 valence electrons. The standard InChI is InChI=1S/C23H24N2O3/c1-7-8-9-17-14(2)10-11-18-22(17)25-21(15(3)24-18)16-12-19(26-4)23(28-6)20(13-16)27-5/h7-13H,1H2,2-6H3/b9-8-. The van der Waals surface area contributed by atoms with E-state index in [0.29, 0.717) is 17.2 Å². The Labute approximate surface area is 165 Å². The molecule has 0 aliphatic rings. The Balaban J connectivity index is 2.30. The Bertz CT molecular complexity index is 1050. The van der Waals surface area contributed by atoms with Gasteiger partial charge in [0.1, 0.15) is 0 Å². The number of benzene rings is 2. The van der Waals surface area contributed by atoms with Crippen LogP contribution in [0.5, 0.6) is 17.2 Å². The van der Waals surface area contributed by atoms with Crippen molar-refractivity contribution in [1.29, 1.82) is 0 Å². The molecule has 3 aromatic rings. The van der Waals surface area contributed by atoms with Gasteiger partial charge in [-0.25, -0.2) is 9.97 Å². The van der Waals surface area contributed by atoms with Crippen LogP contribution >= 0.6 is 0 Å². The molecule has 0 radical (unpaired) electrons. The summed E-state index contributed by atoms with van der Waals surface area (Å²) in [6.07, 6.45) is 5.66. The number of aryl methyl sites for hydroxylation is 2. The minimum Gasteiger partial charge on any atom is -0.493 e. The van der Waals surface area contributed by atoms with Crippen molar-refractivity contribution in [3.05, 3.63) is 59.8 Å². The lowest BCUT2D eigenvalue weighted by atomic mass is 10.0. The molecule has 0 fully saturated rings. The Morgan fingerprint density at radius 1 is 0.929 bits per heavy atom. The zero-order valence-corrected chi connectivity index (χ0v) is 16.9. The second-order valence-corrected chi connectivity index (χ2v) is 6.33. The van der Waals surface area contributed by atoms with Crippen LogP contribution in [0, 0.1) is 13.8 Å². The number of ether oxygens (including phenoxy) is 3. The van der Waals surface area contributed by atoms with Gasteiger partial charge in [0.15, 0.2) is 11.5 Å². The third-order valence-electron chi connectivity index (χ3n) is 4.61. The molecule has 5 nitrogen and oxygen atoms in total. The van der Waals surface area contributed by atoms with Gasteiger partial charge in [0.2, 0.25) is 5.75 Å². The molecule has 3 rings (SSSR count). The predicted octanol–water partition coefficient (Wildman–Crippen LogP) is 5.14.